The Kier molecular flexibility index (Phi) is 7.43. The number of hydrogen-bond donors (Lipinski definition) is 0. The number of para-hydroxylation sites is 1. The Labute approximate surface area is 171 Å². The number of benzene rings is 1. The SMILES string of the molecule is CCCCCC[C@@H](C(=O)c1nccn1-c1cccs1)N(CC)c1ccccc1. The predicted molar refractivity (Wildman–Crippen MR) is 118 cm³/mol. The van der Waals surface area contributed by atoms with E-state index in [2.05, 4.69) is 35.9 Å². The molecule has 0 spiro atoms. The third kappa shape index (κ3) is 4.71. The average molecular weight is 396 g/mol. The van der Waals surface area contributed by atoms with E-state index in [9.17, 15) is 4.79 Å². The van der Waals surface area contributed by atoms with Gasteiger partial charge in [0.25, 0.3) is 0 Å². The van der Waals surface area contributed by atoms with Crippen LogP contribution in [0.1, 0.15) is 56.6 Å². The zero-order chi connectivity index (χ0) is 19.8. The van der Waals surface area contributed by atoms with Gasteiger partial charge in [-0.05, 0) is 43.0 Å². The monoisotopic (exact) mass is 395 g/mol. The summed E-state index contributed by atoms with van der Waals surface area (Å²) in [6, 6.07) is 14.1. The molecule has 0 amide bonds. The molecule has 0 saturated heterocycles. The molecule has 0 saturated carbocycles. The Morgan fingerprint density at radius 3 is 2.61 bits per heavy atom. The van der Waals surface area contributed by atoms with Crippen molar-refractivity contribution in [3.05, 3.63) is 66.1 Å². The fourth-order valence-electron chi connectivity index (χ4n) is 3.61. The van der Waals surface area contributed by atoms with Gasteiger partial charge >= 0.3 is 0 Å². The van der Waals surface area contributed by atoms with Crippen LogP contribution >= 0.6 is 11.3 Å². The molecule has 4 nitrogen and oxygen atoms in total. The molecule has 0 aliphatic carbocycles. The Morgan fingerprint density at radius 2 is 1.93 bits per heavy atom. The first-order valence-corrected chi connectivity index (χ1v) is 11.1. The second-order valence-electron chi connectivity index (χ2n) is 6.92. The number of Topliss-reactive ketones (excluding diaryl/α,β-unsaturated/α-hetero) is 1. The van der Waals surface area contributed by atoms with Crippen LogP contribution in [0.2, 0.25) is 0 Å². The first-order valence-electron chi connectivity index (χ1n) is 10.2. The van der Waals surface area contributed by atoms with Gasteiger partial charge in [0.2, 0.25) is 5.78 Å². The molecule has 0 aliphatic rings. The van der Waals surface area contributed by atoms with Crippen molar-refractivity contribution in [2.24, 2.45) is 0 Å². The molecule has 0 unspecified atom stereocenters. The molecule has 28 heavy (non-hydrogen) atoms. The van der Waals surface area contributed by atoms with Crippen molar-refractivity contribution in [2.45, 2.75) is 52.0 Å². The number of carbonyl (C=O) groups excluding carboxylic acids is 1. The van der Waals surface area contributed by atoms with Crippen LogP contribution in [0.3, 0.4) is 0 Å². The number of aromatic nitrogens is 2. The summed E-state index contributed by atoms with van der Waals surface area (Å²) in [7, 11) is 0. The molecule has 2 heterocycles. The largest absolute Gasteiger partial charge is 0.361 e. The maximum absolute atomic E-state index is 13.6. The third-order valence-electron chi connectivity index (χ3n) is 5.04. The molecule has 3 aromatic rings. The molecule has 2 aromatic heterocycles. The fourth-order valence-corrected chi connectivity index (χ4v) is 4.33. The molecule has 0 fully saturated rings. The third-order valence-corrected chi connectivity index (χ3v) is 5.91. The second kappa shape index (κ2) is 10.2. The first kappa shape index (κ1) is 20.3. The lowest BCUT2D eigenvalue weighted by Crippen LogP contribution is -2.42. The van der Waals surface area contributed by atoms with Crippen LogP contribution in [0, 0.1) is 0 Å². The van der Waals surface area contributed by atoms with Crippen molar-refractivity contribution in [3.8, 4) is 5.00 Å². The topological polar surface area (TPSA) is 38.1 Å². The average Bonchev–Trinajstić information content (AvgIpc) is 3.42. The summed E-state index contributed by atoms with van der Waals surface area (Å²) in [5.41, 5.74) is 1.09. The summed E-state index contributed by atoms with van der Waals surface area (Å²) in [4.78, 5) is 20.3. The van der Waals surface area contributed by atoms with Crippen LogP contribution in [-0.2, 0) is 0 Å². The van der Waals surface area contributed by atoms with Gasteiger partial charge in [-0.25, -0.2) is 4.98 Å². The standard InChI is InChI=1S/C23H29N3OS/c1-3-5-6-10-14-20(25(4-2)19-12-8-7-9-13-19)22(27)23-24-16-17-26(23)21-15-11-18-28-21/h7-9,11-13,15-18,20H,3-6,10,14H2,1-2H3/t20-/m0/s1. The molecular formula is C23H29N3OS. The molecule has 0 radical (unpaired) electrons. The van der Waals surface area contributed by atoms with Gasteiger partial charge in [-0.15, -0.1) is 11.3 Å². The van der Waals surface area contributed by atoms with Gasteiger partial charge in [-0.3, -0.25) is 9.36 Å². The number of imidazole rings is 1. The number of unbranched alkanes of at least 4 members (excludes halogenated alkanes) is 3. The highest BCUT2D eigenvalue weighted by Gasteiger charge is 2.29. The van der Waals surface area contributed by atoms with Crippen molar-refractivity contribution >= 4 is 22.8 Å². The Morgan fingerprint density at radius 1 is 1.11 bits per heavy atom. The number of likely N-dealkylation sites (N-methyl/N-ethyl adjacent to an activating group) is 1. The Bertz CT molecular complexity index is 842. The summed E-state index contributed by atoms with van der Waals surface area (Å²) in [5.74, 6) is 0.623. The van der Waals surface area contributed by atoms with Crippen LogP contribution in [0.25, 0.3) is 5.00 Å². The van der Waals surface area contributed by atoms with E-state index in [4.69, 9.17) is 0 Å². The number of ketones is 1. The zero-order valence-electron chi connectivity index (χ0n) is 16.8. The van der Waals surface area contributed by atoms with Gasteiger partial charge in [0.1, 0.15) is 5.00 Å². The quantitative estimate of drug-likeness (QED) is 0.296. The minimum Gasteiger partial charge on any atom is -0.361 e. The van der Waals surface area contributed by atoms with Gasteiger partial charge in [0.05, 0.1) is 6.04 Å². The summed E-state index contributed by atoms with van der Waals surface area (Å²) >= 11 is 1.62. The van der Waals surface area contributed by atoms with E-state index < -0.39 is 0 Å². The number of hydrogen-bond acceptors (Lipinski definition) is 4. The van der Waals surface area contributed by atoms with Crippen molar-refractivity contribution < 1.29 is 4.79 Å². The highest BCUT2D eigenvalue weighted by atomic mass is 32.1. The van der Waals surface area contributed by atoms with Crippen LogP contribution in [0.15, 0.2) is 60.2 Å². The zero-order valence-corrected chi connectivity index (χ0v) is 17.6. The van der Waals surface area contributed by atoms with Crippen molar-refractivity contribution in [2.75, 3.05) is 11.4 Å². The molecule has 0 bridgehead atoms. The fraction of sp³-hybridized carbons (Fsp3) is 0.391. The van der Waals surface area contributed by atoms with E-state index in [0.29, 0.717) is 5.82 Å². The van der Waals surface area contributed by atoms with E-state index in [0.717, 1.165) is 36.5 Å². The predicted octanol–water partition coefficient (Wildman–Crippen LogP) is 5.98. The van der Waals surface area contributed by atoms with Gasteiger partial charge in [0.15, 0.2) is 5.82 Å². The normalized spacial score (nSPS) is 12.1. The summed E-state index contributed by atoms with van der Waals surface area (Å²) < 4.78 is 1.92. The van der Waals surface area contributed by atoms with Gasteiger partial charge in [-0.2, -0.15) is 0 Å². The number of thiophene rings is 1. The molecule has 1 aromatic carbocycles. The van der Waals surface area contributed by atoms with E-state index in [1.165, 1.54) is 12.8 Å². The maximum atomic E-state index is 13.6. The second-order valence-corrected chi connectivity index (χ2v) is 7.85. The number of anilines is 1. The van der Waals surface area contributed by atoms with Crippen LogP contribution < -0.4 is 4.90 Å². The molecule has 148 valence electrons. The highest BCUT2D eigenvalue weighted by molar-refractivity contribution is 7.12. The molecule has 3 rings (SSSR count). The summed E-state index contributed by atoms with van der Waals surface area (Å²) in [6.07, 6.45) is 9.06. The minimum absolute atomic E-state index is 0.0978. The number of carbonyl (C=O) groups is 1. The maximum Gasteiger partial charge on any atom is 0.220 e. The molecular weight excluding hydrogens is 366 g/mol. The van der Waals surface area contributed by atoms with Crippen molar-refractivity contribution in [1.29, 1.82) is 0 Å². The van der Waals surface area contributed by atoms with Crippen LogP contribution in [0.4, 0.5) is 5.69 Å². The highest BCUT2D eigenvalue weighted by Crippen LogP contribution is 2.24. The van der Waals surface area contributed by atoms with Crippen LogP contribution in [0.5, 0.6) is 0 Å². The minimum atomic E-state index is -0.203. The molecule has 1 atom stereocenters. The Balaban J connectivity index is 1.90. The lowest BCUT2D eigenvalue weighted by atomic mass is 10.0. The van der Waals surface area contributed by atoms with E-state index in [1.54, 1.807) is 17.5 Å². The smallest absolute Gasteiger partial charge is 0.220 e. The van der Waals surface area contributed by atoms with Gasteiger partial charge in [0, 0.05) is 24.6 Å². The van der Waals surface area contributed by atoms with Crippen molar-refractivity contribution in [1.82, 2.24) is 9.55 Å². The first-order chi connectivity index (χ1) is 13.8. The van der Waals surface area contributed by atoms with Gasteiger partial charge < -0.3 is 4.90 Å². The van der Waals surface area contributed by atoms with E-state index in [1.807, 2.05) is 46.5 Å². The molecule has 5 heteroatoms. The van der Waals surface area contributed by atoms with Gasteiger partial charge in [-0.1, -0.05) is 50.8 Å². The van der Waals surface area contributed by atoms with Crippen LogP contribution in [-0.4, -0.2) is 27.9 Å². The van der Waals surface area contributed by atoms with E-state index in [-0.39, 0.29) is 11.8 Å². The lowest BCUT2D eigenvalue weighted by molar-refractivity contribution is 0.0940. The van der Waals surface area contributed by atoms with Crippen molar-refractivity contribution in [3.63, 3.8) is 0 Å². The molecule has 0 aliphatic heterocycles. The summed E-state index contributed by atoms with van der Waals surface area (Å²) in [5, 5.41) is 3.04. The Hall–Kier alpha value is -2.40. The lowest BCUT2D eigenvalue weighted by Gasteiger charge is -2.32. The van der Waals surface area contributed by atoms with E-state index >= 15 is 0 Å². The number of nitrogens with zero attached hydrogens (tertiary/aromatic N) is 3. The molecule has 0 N–H and O–H groups in total. The summed E-state index contributed by atoms with van der Waals surface area (Å²) in [6.45, 7) is 5.11. The number of rotatable bonds is 11.